The van der Waals surface area contributed by atoms with Crippen molar-refractivity contribution in [2.75, 3.05) is 39.3 Å². The number of nitrogens with zero attached hydrogens (tertiary/aromatic N) is 2. The van der Waals surface area contributed by atoms with Crippen LogP contribution in [0.5, 0.6) is 0 Å². The lowest BCUT2D eigenvalue weighted by Crippen LogP contribution is -2.39. The van der Waals surface area contributed by atoms with Gasteiger partial charge in [0.05, 0.1) is 7.11 Å². The largest absolute Gasteiger partial charge is 0.468 e. The third-order valence-electron chi connectivity index (χ3n) is 4.66. The molecular formula is C17H28N2O5. The summed E-state index contributed by atoms with van der Waals surface area (Å²) in [6.07, 6.45) is 1.75. The zero-order chi connectivity index (χ0) is 17.7. The van der Waals surface area contributed by atoms with Crippen LogP contribution in [0.2, 0.25) is 0 Å². The second kappa shape index (κ2) is 8.48. The zero-order valence-corrected chi connectivity index (χ0v) is 15.2. The average Bonchev–Trinajstić information content (AvgIpc) is 3.05. The van der Waals surface area contributed by atoms with E-state index in [2.05, 4.69) is 10.1 Å². The molecule has 24 heavy (non-hydrogen) atoms. The molecule has 2 rings (SSSR count). The van der Waals surface area contributed by atoms with Crippen molar-refractivity contribution in [3.05, 3.63) is 11.8 Å². The van der Waals surface area contributed by atoms with Crippen LogP contribution in [0.25, 0.3) is 0 Å². The van der Waals surface area contributed by atoms with Crippen molar-refractivity contribution >= 4 is 11.8 Å². The minimum absolute atomic E-state index is 0.0770. The summed E-state index contributed by atoms with van der Waals surface area (Å²) >= 11 is 0. The lowest BCUT2D eigenvalue weighted by Gasteiger charge is -2.34. The Morgan fingerprint density at radius 3 is 2.38 bits per heavy atom. The molecule has 7 heteroatoms. The topological polar surface area (TPSA) is 74.0 Å². The Morgan fingerprint density at radius 1 is 1.25 bits per heavy atom. The molecule has 0 N–H and O–H groups in total. The molecule has 2 heterocycles. The van der Waals surface area contributed by atoms with Gasteiger partial charge in [-0.1, -0.05) is 19.0 Å². The second-order valence-electron chi connectivity index (χ2n) is 6.50. The smallest absolute Gasteiger partial charge is 0.316 e. The normalized spacial score (nSPS) is 17.5. The summed E-state index contributed by atoms with van der Waals surface area (Å²) in [5, 5.41) is 4.15. The van der Waals surface area contributed by atoms with E-state index in [9.17, 15) is 4.79 Å². The Balaban J connectivity index is 2.02. The van der Waals surface area contributed by atoms with Gasteiger partial charge in [-0.05, 0) is 18.8 Å². The number of hydrogen-bond donors (Lipinski definition) is 0. The van der Waals surface area contributed by atoms with Crippen molar-refractivity contribution in [1.82, 2.24) is 5.16 Å². The van der Waals surface area contributed by atoms with Gasteiger partial charge < -0.3 is 23.6 Å². The van der Waals surface area contributed by atoms with Crippen molar-refractivity contribution in [2.24, 2.45) is 11.8 Å². The molecule has 0 radical (unpaired) electrons. The highest BCUT2D eigenvalue weighted by Gasteiger charge is 2.31. The molecule has 0 bridgehead atoms. The van der Waals surface area contributed by atoms with Crippen LogP contribution in [0.3, 0.4) is 0 Å². The fraction of sp³-hybridized carbons (Fsp3) is 0.765. The van der Waals surface area contributed by atoms with Gasteiger partial charge >= 0.3 is 5.97 Å². The Labute approximate surface area is 143 Å². The van der Waals surface area contributed by atoms with E-state index < -0.39 is 5.92 Å². The summed E-state index contributed by atoms with van der Waals surface area (Å²) in [7, 11) is 4.73. The van der Waals surface area contributed by atoms with Gasteiger partial charge in [0.1, 0.15) is 5.92 Å². The molecule has 1 atom stereocenters. The summed E-state index contributed by atoms with van der Waals surface area (Å²) < 4.78 is 21.0. The number of methoxy groups -OCH3 is 3. The Bertz CT molecular complexity index is 519. The molecule has 1 saturated heterocycles. The molecule has 1 fully saturated rings. The van der Waals surface area contributed by atoms with Crippen molar-refractivity contribution in [3.63, 3.8) is 0 Å². The van der Waals surface area contributed by atoms with Gasteiger partial charge in [-0.2, -0.15) is 0 Å². The fourth-order valence-electron chi connectivity index (χ4n) is 3.30. The number of hydrogen-bond acceptors (Lipinski definition) is 7. The first-order chi connectivity index (χ1) is 11.5. The minimum Gasteiger partial charge on any atom is -0.468 e. The summed E-state index contributed by atoms with van der Waals surface area (Å²) in [6.45, 7) is 5.63. The van der Waals surface area contributed by atoms with E-state index in [0.29, 0.717) is 11.7 Å². The summed E-state index contributed by atoms with van der Waals surface area (Å²) in [5.74, 6) is 1.05. The standard InChI is InChI=1S/C17H28N2O5/c1-11(2)15(16(20)21-3)13-10-14(18-24-13)19-8-6-12(7-9-19)17(22-4)23-5/h10-12,15,17H,6-9H2,1-5H3. The van der Waals surface area contributed by atoms with E-state index >= 15 is 0 Å². The predicted octanol–water partition coefficient (Wildman–Crippen LogP) is 2.42. The average molecular weight is 340 g/mol. The van der Waals surface area contributed by atoms with Crippen LogP contribution < -0.4 is 4.90 Å². The van der Waals surface area contributed by atoms with Gasteiger partial charge in [0.2, 0.25) is 0 Å². The van der Waals surface area contributed by atoms with Crippen LogP contribution >= 0.6 is 0 Å². The van der Waals surface area contributed by atoms with Crippen LogP contribution in [0.4, 0.5) is 5.82 Å². The van der Waals surface area contributed by atoms with Gasteiger partial charge in [0.15, 0.2) is 17.9 Å². The van der Waals surface area contributed by atoms with Crippen molar-refractivity contribution in [3.8, 4) is 0 Å². The molecule has 1 aliphatic rings. The lowest BCUT2D eigenvalue weighted by atomic mass is 9.93. The summed E-state index contributed by atoms with van der Waals surface area (Å²) in [5.41, 5.74) is 0. The van der Waals surface area contributed by atoms with Gasteiger partial charge in [0.25, 0.3) is 0 Å². The van der Waals surface area contributed by atoms with Gasteiger partial charge in [-0.15, -0.1) is 0 Å². The molecular weight excluding hydrogens is 312 g/mol. The van der Waals surface area contributed by atoms with Gasteiger partial charge in [-0.25, -0.2) is 0 Å². The highest BCUT2D eigenvalue weighted by atomic mass is 16.7. The van der Waals surface area contributed by atoms with Crippen LogP contribution in [0.1, 0.15) is 38.4 Å². The maximum absolute atomic E-state index is 12.0. The number of rotatable bonds is 7. The van der Waals surface area contributed by atoms with Crippen molar-refractivity contribution < 1.29 is 23.5 Å². The van der Waals surface area contributed by atoms with Crippen LogP contribution in [-0.2, 0) is 19.0 Å². The lowest BCUT2D eigenvalue weighted by molar-refractivity contribution is -0.144. The van der Waals surface area contributed by atoms with Gasteiger partial charge in [0, 0.05) is 39.3 Å². The quantitative estimate of drug-likeness (QED) is 0.557. The molecule has 136 valence electrons. The molecule has 0 amide bonds. The summed E-state index contributed by atoms with van der Waals surface area (Å²) in [6, 6.07) is 1.85. The maximum Gasteiger partial charge on any atom is 0.316 e. The molecule has 1 aromatic rings. The molecule has 0 saturated carbocycles. The third-order valence-corrected chi connectivity index (χ3v) is 4.66. The third kappa shape index (κ3) is 4.08. The second-order valence-corrected chi connectivity index (χ2v) is 6.50. The molecule has 1 unspecified atom stereocenters. The monoisotopic (exact) mass is 340 g/mol. The Kier molecular flexibility index (Phi) is 6.62. The highest BCUT2D eigenvalue weighted by molar-refractivity contribution is 5.77. The number of carbonyl (C=O) groups excluding carboxylic acids is 1. The molecule has 0 aliphatic carbocycles. The molecule has 1 aromatic heterocycles. The number of esters is 1. The van der Waals surface area contributed by atoms with Gasteiger partial charge in [-0.3, -0.25) is 4.79 Å². The van der Waals surface area contributed by atoms with E-state index in [4.69, 9.17) is 18.7 Å². The first kappa shape index (κ1) is 18.7. The van der Waals surface area contributed by atoms with Crippen molar-refractivity contribution in [2.45, 2.75) is 38.9 Å². The van der Waals surface area contributed by atoms with E-state index in [1.54, 1.807) is 14.2 Å². The molecule has 7 nitrogen and oxygen atoms in total. The number of ether oxygens (including phenoxy) is 3. The van der Waals surface area contributed by atoms with E-state index in [0.717, 1.165) is 31.7 Å². The van der Waals surface area contributed by atoms with E-state index in [1.165, 1.54) is 7.11 Å². The number of anilines is 1. The minimum atomic E-state index is -0.430. The van der Waals surface area contributed by atoms with Crippen LogP contribution in [0.15, 0.2) is 10.6 Å². The fourth-order valence-corrected chi connectivity index (χ4v) is 3.30. The molecule has 1 aliphatic heterocycles. The molecule has 0 spiro atoms. The maximum atomic E-state index is 12.0. The number of carbonyl (C=O) groups is 1. The highest BCUT2D eigenvalue weighted by Crippen LogP contribution is 2.31. The first-order valence-electron chi connectivity index (χ1n) is 8.36. The predicted molar refractivity (Wildman–Crippen MR) is 88.8 cm³/mol. The number of piperidine rings is 1. The molecule has 0 aromatic carbocycles. The Hall–Kier alpha value is -1.60. The number of aromatic nitrogens is 1. The Morgan fingerprint density at radius 2 is 1.88 bits per heavy atom. The van der Waals surface area contributed by atoms with E-state index in [-0.39, 0.29) is 18.2 Å². The van der Waals surface area contributed by atoms with Crippen LogP contribution in [-0.4, -0.2) is 51.8 Å². The van der Waals surface area contributed by atoms with Crippen molar-refractivity contribution in [1.29, 1.82) is 0 Å². The summed E-state index contributed by atoms with van der Waals surface area (Å²) in [4.78, 5) is 14.1. The van der Waals surface area contributed by atoms with Crippen LogP contribution in [0, 0.1) is 11.8 Å². The zero-order valence-electron chi connectivity index (χ0n) is 15.2. The van der Waals surface area contributed by atoms with E-state index in [1.807, 2.05) is 19.9 Å². The first-order valence-corrected chi connectivity index (χ1v) is 8.36. The SMILES string of the molecule is COC(=O)C(c1cc(N2CCC(C(OC)OC)CC2)no1)C(C)C.